The van der Waals surface area contributed by atoms with Crippen LogP contribution in [0, 0.1) is 19.8 Å². The molecule has 0 spiro atoms. The van der Waals surface area contributed by atoms with Gasteiger partial charge in [-0.25, -0.2) is 4.68 Å². The summed E-state index contributed by atoms with van der Waals surface area (Å²) in [7, 11) is 0. The maximum absolute atomic E-state index is 12.1. The second-order valence-electron chi connectivity index (χ2n) is 11.9. The molecule has 0 amide bonds. The van der Waals surface area contributed by atoms with Crippen LogP contribution in [0.4, 0.5) is 0 Å². The molecule has 0 unspecified atom stereocenters. The largest absolute Gasteiger partial charge is 0.466 e. The second-order valence-corrected chi connectivity index (χ2v) is 11.9. The number of aryl methyl sites for hydroxylation is 1. The molecule has 1 aliphatic rings. The lowest BCUT2D eigenvalue weighted by molar-refractivity contribution is -0.151. The number of aromatic nitrogens is 5. The molecular weight excluding hydrogens is 538 g/mol. The van der Waals surface area contributed by atoms with Crippen LogP contribution in [0.25, 0.3) is 27.8 Å². The number of benzene rings is 2. The minimum Gasteiger partial charge on any atom is -0.466 e. The van der Waals surface area contributed by atoms with Gasteiger partial charge in [-0.05, 0) is 63.3 Å². The molecule has 1 fully saturated rings. The number of rotatable bonds is 9. The van der Waals surface area contributed by atoms with Crippen LogP contribution in [0.3, 0.4) is 0 Å². The highest BCUT2D eigenvalue weighted by Crippen LogP contribution is 2.42. The average Bonchev–Trinajstić information content (AvgIpc) is 3.53. The number of aliphatic hydroxyl groups is 1. The molecule has 222 valence electrons. The Bertz CT molecular complexity index is 1770. The Balaban J connectivity index is 1.32. The Morgan fingerprint density at radius 2 is 1.79 bits per heavy atom. The number of ether oxygens (including phenoxy) is 1. The van der Waals surface area contributed by atoms with Gasteiger partial charge in [0.05, 0.1) is 47.8 Å². The van der Waals surface area contributed by atoms with E-state index in [9.17, 15) is 9.90 Å². The molecule has 1 N–H and O–H groups in total. The number of pyridine rings is 1. The average molecular weight is 578 g/mol. The van der Waals surface area contributed by atoms with E-state index < -0.39 is 6.10 Å². The van der Waals surface area contributed by atoms with Gasteiger partial charge in [-0.2, -0.15) is 10.2 Å². The van der Waals surface area contributed by atoms with Crippen LogP contribution < -0.4 is 0 Å². The van der Waals surface area contributed by atoms with Gasteiger partial charge in [0.2, 0.25) is 0 Å². The number of aliphatic hydroxyl groups excluding tert-OH is 1. The molecule has 5 aromatic rings. The van der Waals surface area contributed by atoms with Gasteiger partial charge in [-0.1, -0.05) is 56.3 Å². The molecule has 0 aliphatic heterocycles. The van der Waals surface area contributed by atoms with Crippen molar-refractivity contribution in [2.24, 2.45) is 5.92 Å². The highest BCUT2D eigenvalue weighted by atomic mass is 16.5. The first-order chi connectivity index (χ1) is 20.7. The van der Waals surface area contributed by atoms with E-state index in [1.54, 1.807) is 0 Å². The van der Waals surface area contributed by atoms with Crippen molar-refractivity contribution in [3.8, 4) is 16.9 Å². The summed E-state index contributed by atoms with van der Waals surface area (Å²) in [6, 6.07) is 20.0. The monoisotopic (exact) mass is 577 g/mol. The quantitative estimate of drug-likeness (QED) is 0.193. The first-order valence-electron chi connectivity index (χ1n) is 15.2. The van der Waals surface area contributed by atoms with E-state index >= 15 is 0 Å². The summed E-state index contributed by atoms with van der Waals surface area (Å²) in [4.78, 5) is 17.0. The molecule has 3 aromatic heterocycles. The molecule has 0 saturated heterocycles. The van der Waals surface area contributed by atoms with Crippen LogP contribution in [0.15, 0.2) is 66.9 Å². The number of carbonyl (C=O) groups is 1. The molecule has 2 aromatic carbocycles. The summed E-state index contributed by atoms with van der Waals surface area (Å²) in [5, 5.41) is 21.8. The number of esters is 1. The van der Waals surface area contributed by atoms with Gasteiger partial charge < -0.3 is 9.84 Å². The maximum atomic E-state index is 12.1. The van der Waals surface area contributed by atoms with Crippen molar-refractivity contribution in [3.05, 3.63) is 95.1 Å². The summed E-state index contributed by atoms with van der Waals surface area (Å²) in [6.45, 7) is 11.2. The van der Waals surface area contributed by atoms with Crippen LogP contribution in [0.5, 0.6) is 0 Å². The van der Waals surface area contributed by atoms with Crippen molar-refractivity contribution in [2.45, 2.75) is 71.9 Å². The van der Waals surface area contributed by atoms with Crippen LogP contribution >= 0.6 is 0 Å². The Morgan fingerprint density at radius 3 is 2.49 bits per heavy atom. The van der Waals surface area contributed by atoms with Crippen molar-refractivity contribution in [3.63, 3.8) is 0 Å². The minimum absolute atomic E-state index is 0.0232. The first kappa shape index (κ1) is 28.8. The number of hydrogen-bond donors (Lipinski definition) is 1. The number of fused-ring (bicyclic) bond motifs is 1. The zero-order valence-corrected chi connectivity index (χ0v) is 25.5. The van der Waals surface area contributed by atoms with E-state index in [2.05, 4.69) is 39.0 Å². The molecule has 43 heavy (non-hydrogen) atoms. The van der Waals surface area contributed by atoms with Crippen molar-refractivity contribution in [1.82, 2.24) is 24.5 Å². The highest BCUT2D eigenvalue weighted by molar-refractivity contribution is 5.94. The van der Waals surface area contributed by atoms with Gasteiger partial charge in [0.15, 0.2) is 0 Å². The summed E-state index contributed by atoms with van der Waals surface area (Å²) in [5.74, 6) is 0.402. The Morgan fingerprint density at radius 1 is 1.02 bits per heavy atom. The molecule has 0 bridgehead atoms. The van der Waals surface area contributed by atoms with Crippen LogP contribution in [0.1, 0.15) is 79.8 Å². The first-order valence-corrected chi connectivity index (χ1v) is 15.2. The van der Waals surface area contributed by atoms with Gasteiger partial charge in [0, 0.05) is 40.0 Å². The van der Waals surface area contributed by atoms with E-state index in [0.29, 0.717) is 13.2 Å². The van der Waals surface area contributed by atoms with Crippen LogP contribution in [-0.2, 0) is 16.1 Å². The van der Waals surface area contributed by atoms with Crippen molar-refractivity contribution in [2.75, 3.05) is 6.61 Å². The predicted octanol–water partition coefficient (Wildman–Crippen LogP) is 6.81. The van der Waals surface area contributed by atoms with Crippen molar-refractivity contribution >= 4 is 16.9 Å². The lowest BCUT2D eigenvalue weighted by Gasteiger charge is -2.33. The number of nitrogens with zero attached hydrogens (tertiary/aromatic N) is 5. The predicted molar refractivity (Wildman–Crippen MR) is 167 cm³/mol. The molecule has 1 atom stereocenters. The van der Waals surface area contributed by atoms with E-state index in [1.807, 2.05) is 71.9 Å². The van der Waals surface area contributed by atoms with Gasteiger partial charge in [-0.15, -0.1) is 0 Å². The molecule has 3 heterocycles. The molecular formula is C35H39N5O3. The summed E-state index contributed by atoms with van der Waals surface area (Å²) >= 11 is 0. The van der Waals surface area contributed by atoms with E-state index in [-0.39, 0.29) is 23.7 Å². The van der Waals surface area contributed by atoms with E-state index in [4.69, 9.17) is 19.9 Å². The molecule has 8 nitrogen and oxygen atoms in total. The minimum atomic E-state index is -0.652. The van der Waals surface area contributed by atoms with Crippen molar-refractivity contribution < 1.29 is 14.6 Å². The lowest BCUT2D eigenvalue weighted by Crippen LogP contribution is -2.31. The standard InChI is InChI=1S/C35H39N5O3/c1-6-43-35(42)26-17-25(18-26)29-15-16-31(22(4)36-29)40-23(5)33(21(2)3)34(38-40)27-13-10-14-30-28(27)19-39(37-30)20-32(41)24-11-8-7-9-12-24/h7-16,19,21,25-26,32,41H,6,17-18,20H2,1-5H3/t25?,26?,32-/m0/s1. The topological polar surface area (TPSA) is 95.1 Å². The maximum Gasteiger partial charge on any atom is 0.308 e. The van der Waals surface area contributed by atoms with Crippen LogP contribution in [-0.4, -0.2) is 42.2 Å². The van der Waals surface area contributed by atoms with Gasteiger partial charge in [0.1, 0.15) is 0 Å². The van der Waals surface area contributed by atoms with Gasteiger partial charge >= 0.3 is 5.97 Å². The Labute approximate surface area is 252 Å². The zero-order chi connectivity index (χ0) is 30.2. The zero-order valence-electron chi connectivity index (χ0n) is 25.5. The molecule has 6 rings (SSSR count). The Kier molecular flexibility index (Phi) is 7.88. The van der Waals surface area contributed by atoms with E-state index in [1.165, 1.54) is 5.56 Å². The van der Waals surface area contributed by atoms with Crippen LogP contribution in [0.2, 0.25) is 0 Å². The third-order valence-corrected chi connectivity index (χ3v) is 8.62. The third-order valence-electron chi connectivity index (χ3n) is 8.62. The fourth-order valence-corrected chi connectivity index (χ4v) is 6.33. The normalized spacial score (nSPS) is 17.3. The molecule has 1 saturated carbocycles. The smallest absolute Gasteiger partial charge is 0.308 e. The third kappa shape index (κ3) is 5.47. The number of carbonyl (C=O) groups excluding carboxylic acids is 1. The fraction of sp³-hybridized carbons (Fsp3) is 0.371. The Hall–Kier alpha value is -4.30. The van der Waals surface area contributed by atoms with Crippen molar-refractivity contribution in [1.29, 1.82) is 0 Å². The molecule has 0 radical (unpaired) electrons. The number of hydrogen-bond acceptors (Lipinski definition) is 6. The SMILES string of the molecule is CCOC(=O)C1CC(c2ccc(-n3nc(-c4cccc5nn(C[C@H](O)c6ccccc6)cc45)c(C(C)C)c3C)c(C)n2)C1. The summed E-state index contributed by atoms with van der Waals surface area (Å²) in [5.41, 5.74) is 8.82. The summed E-state index contributed by atoms with van der Waals surface area (Å²) < 4.78 is 9.03. The lowest BCUT2D eigenvalue weighted by atomic mass is 9.73. The molecule has 8 heteroatoms. The summed E-state index contributed by atoms with van der Waals surface area (Å²) in [6.07, 6.45) is 2.93. The highest BCUT2D eigenvalue weighted by Gasteiger charge is 2.37. The van der Waals surface area contributed by atoms with Gasteiger partial charge in [0.25, 0.3) is 0 Å². The van der Waals surface area contributed by atoms with Gasteiger partial charge in [-0.3, -0.25) is 14.5 Å². The second kappa shape index (κ2) is 11.8. The molecule has 1 aliphatic carbocycles. The van der Waals surface area contributed by atoms with E-state index in [0.717, 1.165) is 63.3 Å². The fourth-order valence-electron chi connectivity index (χ4n) is 6.33.